The summed E-state index contributed by atoms with van der Waals surface area (Å²) in [7, 11) is 0. The monoisotopic (exact) mass is 594 g/mol. The number of amides is 1. The zero-order valence-corrected chi connectivity index (χ0v) is 25.1. The third kappa shape index (κ3) is 6.06. The number of aromatic nitrogens is 3. The van der Waals surface area contributed by atoms with Gasteiger partial charge in [0, 0.05) is 68.6 Å². The number of imidazole rings is 1. The zero-order chi connectivity index (χ0) is 29.1. The van der Waals surface area contributed by atoms with Crippen molar-refractivity contribution in [3.8, 4) is 11.3 Å². The molecule has 9 nitrogen and oxygen atoms in total. The summed E-state index contributed by atoms with van der Waals surface area (Å²) in [6, 6.07) is 6.49. The highest BCUT2D eigenvalue weighted by Gasteiger charge is 2.26. The van der Waals surface area contributed by atoms with Gasteiger partial charge in [0.2, 0.25) is 5.91 Å². The molecule has 0 aliphatic carbocycles. The Balaban J connectivity index is 1.34. The summed E-state index contributed by atoms with van der Waals surface area (Å²) < 4.78 is 1.93. The summed E-state index contributed by atoms with van der Waals surface area (Å²) in [6.45, 7) is 12.8. The highest BCUT2D eigenvalue weighted by molar-refractivity contribution is 6.38. The maximum Gasteiger partial charge on any atom is 0.242 e. The van der Waals surface area contributed by atoms with E-state index in [1.807, 2.05) is 9.47 Å². The van der Waals surface area contributed by atoms with Gasteiger partial charge in [-0.05, 0) is 43.5 Å². The molecule has 1 saturated heterocycles. The maximum absolute atomic E-state index is 13.3. The fourth-order valence-corrected chi connectivity index (χ4v) is 6.28. The number of rotatable bonds is 10. The highest BCUT2D eigenvalue weighted by atomic mass is 35.5. The Morgan fingerprint density at radius 2 is 1.88 bits per heavy atom. The third-order valence-corrected chi connectivity index (χ3v) is 8.15. The van der Waals surface area contributed by atoms with E-state index in [1.54, 1.807) is 25.4 Å². The molecule has 2 N–H and O–H groups in total. The second-order valence-corrected chi connectivity index (χ2v) is 11.3. The number of carbonyl (C=O) groups is 1. The molecule has 2 aliphatic heterocycles. The summed E-state index contributed by atoms with van der Waals surface area (Å²) in [4.78, 5) is 28.6. The van der Waals surface area contributed by atoms with Crippen LogP contribution >= 0.6 is 23.2 Å². The number of carbonyl (C=O) groups excluding carboxylic acids is 1. The lowest BCUT2D eigenvalue weighted by Gasteiger charge is -2.36. The molecule has 11 heteroatoms. The van der Waals surface area contributed by atoms with E-state index in [-0.39, 0.29) is 12.5 Å². The molecule has 2 aromatic heterocycles. The van der Waals surface area contributed by atoms with Crippen molar-refractivity contribution in [3.05, 3.63) is 58.6 Å². The molecule has 41 heavy (non-hydrogen) atoms. The lowest BCUT2D eigenvalue weighted by Crippen LogP contribution is -2.50. The van der Waals surface area contributed by atoms with Crippen molar-refractivity contribution < 1.29 is 4.79 Å². The van der Waals surface area contributed by atoms with Crippen molar-refractivity contribution in [2.45, 2.75) is 33.2 Å². The van der Waals surface area contributed by atoms with Crippen molar-refractivity contribution in [2.75, 3.05) is 60.9 Å². The Morgan fingerprint density at radius 3 is 2.54 bits per heavy atom. The Kier molecular flexibility index (Phi) is 8.85. The minimum Gasteiger partial charge on any atom is -0.371 e. The smallest absolute Gasteiger partial charge is 0.242 e. The Labute approximate surface area is 251 Å². The second-order valence-electron chi connectivity index (χ2n) is 10.5. The summed E-state index contributed by atoms with van der Waals surface area (Å²) in [5, 5.41) is 12.5. The van der Waals surface area contributed by atoms with Crippen molar-refractivity contribution in [1.82, 2.24) is 19.4 Å². The lowest BCUT2D eigenvalue weighted by molar-refractivity contribution is -0.129. The minimum atomic E-state index is -0.00818. The molecule has 0 unspecified atom stereocenters. The van der Waals surface area contributed by atoms with E-state index in [0.29, 0.717) is 54.3 Å². The van der Waals surface area contributed by atoms with Crippen LogP contribution in [-0.2, 0) is 17.8 Å². The number of halogens is 2. The van der Waals surface area contributed by atoms with Crippen LogP contribution in [0.25, 0.3) is 17.3 Å². The van der Waals surface area contributed by atoms with Crippen LogP contribution < -0.4 is 15.1 Å². The quantitative estimate of drug-likeness (QED) is 0.302. The predicted molar refractivity (Wildman–Crippen MR) is 169 cm³/mol. The minimum absolute atomic E-state index is 0.00818. The summed E-state index contributed by atoms with van der Waals surface area (Å²) in [6.07, 6.45) is 6.98. The number of piperazine rings is 1. The van der Waals surface area contributed by atoms with Crippen molar-refractivity contribution >= 4 is 58.1 Å². The molecule has 4 heterocycles. The van der Waals surface area contributed by atoms with Gasteiger partial charge in [0.25, 0.3) is 0 Å². The van der Waals surface area contributed by atoms with Gasteiger partial charge in [0.1, 0.15) is 17.3 Å². The molecular formula is C30H36Cl2N8O. The number of nitrogens with zero attached hydrogens (tertiary/aromatic N) is 6. The van der Waals surface area contributed by atoms with Crippen LogP contribution in [0.3, 0.4) is 0 Å². The fourth-order valence-electron chi connectivity index (χ4n) is 5.68. The number of anilines is 3. The Hall–Kier alpha value is -3.56. The van der Waals surface area contributed by atoms with E-state index < -0.39 is 0 Å². The average molecular weight is 596 g/mol. The molecule has 1 fully saturated rings. The van der Waals surface area contributed by atoms with Crippen LogP contribution in [0.5, 0.6) is 0 Å². The van der Waals surface area contributed by atoms with Gasteiger partial charge in [-0.15, -0.1) is 0 Å². The normalized spacial score (nSPS) is 14.8. The molecule has 0 bridgehead atoms. The van der Waals surface area contributed by atoms with E-state index in [1.165, 1.54) is 11.3 Å². The largest absolute Gasteiger partial charge is 0.371 e. The van der Waals surface area contributed by atoms with E-state index in [9.17, 15) is 4.79 Å². The predicted octanol–water partition coefficient (Wildman–Crippen LogP) is 5.47. The molecule has 0 atom stereocenters. The summed E-state index contributed by atoms with van der Waals surface area (Å²) >= 11 is 12.7. The van der Waals surface area contributed by atoms with Gasteiger partial charge in [0.05, 0.1) is 28.8 Å². The molecule has 0 radical (unpaired) electrons. The number of benzene rings is 1. The highest BCUT2D eigenvalue weighted by Crippen LogP contribution is 2.36. The summed E-state index contributed by atoms with van der Waals surface area (Å²) in [5.41, 5.74) is 5.59. The standard InChI is InChI=1S/C30H36Cl2N8O/c1-4-9-37-10-8-21-15-22(6-7-25(21)37)28-30(40(19-20(3)33)26(5-2)36-28)35-18-27(41)38-11-13-39(14-12-38)29-23(31)16-34-17-24(29)32/h5-7,15-17,33,35H,2,4,8-14,18-19H2,1,3H3. The average Bonchev–Trinajstić information content (AvgIpc) is 3.52. The van der Waals surface area contributed by atoms with Gasteiger partial charge >= 0.3 is 0 Å². The molecule has 3 aromatic rings. The molecule has 5 rings (SSSR count). The van der Waals surface area contributed by atoms with E-state index in [0.717, 1.165) is 48.7 Å². The molecule has 2 aliphatic rings. The van der Waals surface area contributed by atoms with Crippen LogP contribution in [0.4, 0.5) is 17.2 Å². The Bertz CT molecular complexity index is 1440. The van der Waals surface area contributed by atoms with Crippen LogP contribution in [0, 0.1) is 5.41 Å². The Morgan fingerprint density at radius 1 is 1.15 bits per heavy atom. The molecule has 0 spiro atoms. The fraction of sp³-hybridized carbons (Fsp3) is 0.400. The third-order valence-electron chi connectivity index (χ3n) is 7.60. The van der Waals surface area contributed by atoms with Crippen LogP contribution in [0.2, 0.25) is 10.0 Å². The van der Waals surface area contributed by atoms with Crippen LogP contribution in [0.1, 0.15) is 31.7 Å². The molecule has 1 aromatic carbocycles. The first-order valence-corrected chi connectivity index (χ1v) is 14.8. The molecule has 216 valence electrons. The number of hydrogen-bond acceptors (Lipinski definition) is 7. The van der Waals surface area contributed by atoms with Crippen molar-refractivity contribution in [2.24, 2.45) is 0 Å². The van der Waals surface area contributed by atoms with Gasteiger partial charge in [-0.2, -0.15) is 0 Å². The lowest BCUT2D eigenvalue weighted by atomic mass is 10.1. The van der Waals surface area contributed by atoms with Gasteiger partial charge in [-0.1, -0.05) is 42.8 Å². The SMILES string of the molecule is C=Cc1nc(-c2ccc3c(c2)CCN3CCC)c(NCC(=O)N2CCN(c3c(Cl)cncc3Cl)CC2)n1CC(C)=N. The van der Waals surface area contributed by atoms with Crippen LogP contribution in [-0.4, -0.2) is 76.9 Å². The number of pyridine rings is 1. The first kappa shape index (κ1) is 29.0. The number of fused-ring (bicyclic) bond motifs is 1. The van der Waals surface area contributed by atoms with Crippen LogP contribution in [0.15, 0.2) is 37.2 Å². The van der Waals surface area contributed by atoms with Crippen molar-refractivity contribution in [1.29, 1.82) is 5.41 Å². The van der Waals surface area contributed by atoms with Gasteiger partial charge in [-0.3, -0.25) is 9.78 Å². The molecule has 1 amide bonds. The van der Waals surface area contributed by atoms with E-state index in [2.05, 4.69) is 51.8 Å². The zero-order valence-electron chi connectivity index (χ0n) is 23.6. The van der Waals surface area contributed by atoms with Crippen molar-refractivity contribution in [3.63, 3.8) is 0 Å². The number of nitrogens with one attached hydrogen (secondary N) is 2. The van der Waals surface area contributed by atoms with E-state index in [4.69, 9.17) is 33.6 Å². The van der Waals surface area contributed by atoms with Gasteiger partial charge in [-0.25, -0.2) is 4.98 Å². The first-order chi connectivity index (χ1) is 19.8. The number of hydrogen-bond donors (Lipinski definition) is 2. The van der Waals surface area contributed by atoms with Gasteiger partial charge in [0.15, 0.2) is 0 Å². The molecule has 0 saturated carbocycles. The first-order valence-electron chi connectivity index (χ1n) is 14.0. The van der Waals surface area contributed by atoms with Gasteiger partial charge < -0.3 is 30.0 Å². The maximum atomic E-state index is 13.3. The topological polar surface area (TPSA) is 93.4 Å². The molecular weight excluding hydrogens is 559 g/mol. The van der Waals surface area contributed by atoms with E-state index >= 15 is 0 Å². The second kappa shape index (κ2) is 12.5. The summed E-state index contributed by atoms with van der Waals surface area (Å²) in [5.74, 6) is 1.37.